The Kier molecular flexibility index (Phi) is 6.79. The van der Waals surface area contributed by atoms with Crippen LogP contribution in [0.1, 0.15) is 68.5 Å². The molecule has 3 nitrogen and oxygen atoms in total. The molecule has 0 aliphatic carbocycles. The molecule has 1 heterocycles. The summed E-state index contributed by atoms with van der Waals surface area (Å²) in [6, 6.07) is 10.7. The normalized spacial score (nSPS) is 12.8. The Morgan fingerprint density at radius 2 is 1.64 bits per heavy atom. The van der Waals surface area contributed by atoms with Crippen LogP contribution in [0.25, 0.3) is 0 Å². The summed E-state index contributed by atoms with van der Waals surface area (Å²) in [7, 11) is 2.00. The van der Waals surface area contributed by atoms with E-state index in [1.54, 1.807) is 11.3 Å². The summed E-state index contributed by atoms with van der Waals surface area (Å²) in [5.41, 5.74) is 3.40. The summed E-state index contributed by atoms with van der Waals surface area (Å²) >= 11 is 1.73. The smallest absolute Gasteiger partial charge is 0.238 e. The first-order valence-corrected chi connectivity index (χ1v) is 9.85. The lowest BCUT2D eigenvalue weighted by Crippen LogP contribution is -2.32. The minimum absolute atomic E-state index is 0.0425. The predicted molar refractivity (Wildman–Crippen MR) is 109 cm³/mol. The molecule has 0 spiro atoms. The number of nitrogens with zero attached hydrogens (tertiary/aromatic N) is 1. The van der Waals surface area contributed by atoms with Crippen LogP contribution in [0, 0.1) is 0 Å². The molecule has 0 bridgehead atoms. The van der Waals surface area contributed by atoms with Gasteiger partial charge in [-0.15, -0.1) is 11.3 Å². The molecule has 0 saturated carbocycles. The molecule has 2 aromatic rings. The second-order valence-electron chi connectivity index (χ2n) is 7.28. The number of anilines is 1. The first kappa shape index (κ1) is 19.7. The van der Waals surface area contributed by atoms with Gasteiger partial charge in [-0.1, -0.05) is 52.0 Å². The highest BCUT2D eigenvalue weighted by Gasteiger charge is 2.19. The highest BCUT2D eigenvalue weighted by atomic mass is 32.1. The van der Waals surface area contributed by atoms with E-state index in [-0.39, 0.29) is 11.9 Å². The van der Waals surface area contributed by atoms with E-state index in [2.05, 4.69) is 80.5 Å². The maximum absolute atomic E-state index is 12.7. The molecule has 136 valence electrons. The van der Waals surface area contributed by atoms with Crippen LogP contribution in [0.15, 0.2) is 35.7 Å². The fourth-order valence-corrected chi connectivity index (χ4v) is 3.83. The number of para-hydroxylation sites is 1. The lowest BCUT2D eigenvalue weighted by molar-refractivity contribution is -0.117. The summed E-state index contributed by atoms with van der Waals surface area (Å²) < 4.78 is 0. The van der Waals surface area contributed by atoms with E-state index < -0.39 is 0 Å². The van der Waals surface area contributed by atoms with Gasteiger partial charge in [0.1, 0.15) is 0 Å². The summed E-state index contributed by atoms with van der Waals surface area (Å²) in [5.74, 6) is 0.787. The van der Waals surface area contributed by atoms with Crippen molar-refractivity contribution in [3.63, 3.8) is 0 Å². The Balaban J connectivity index is 2.14. The van der Waals surface area contributed by atoms with Gasteiger partial charge in [0.25, 0.3) is 0 Å². The van der Waals surface area contributed by atoms with Crippen molar-refractivity contribution in [2.75, 3.05) is 18.9 Å². The fraction of sp³-hybridized carbons (Fsp3) is 0.476. The summed E-state index contributed by atoms with van der Waals surface area (Å²) in [6.45, 7) is 11.2. The second kappa shape index (κ2) is 8.63. The number of hydrogen-bond donors (Lipinski definition) is 1. The summed E-state index contributed by atoms with van der Waals surface area (Å²) in [5, 5.41) is 5.27. The van der Waals surface area contributed by atoms with Crippen molar-refractivity contribution in [1.29, 1.82) is 0 Å². The monoisotopic (exact) mass is 358 g/mol. The summed E-state index contributed by atoms with van der Waals surface area (Å²) in [4.78, 5) is 16.1. The van der Waals surface area contributed by atoms with Crippen molar-refractivity contribution in [3.05, 3.63) is 51.7 Å². The number of amides is 1. The Morgan fingerprint density at radius 3 is 2.12 bits per heavy atom. The Bertz CT molecular complexity index is 666. The lowest BCUT2D eigenvalue weighted by atomic mass is 9.92. The van der Waals surface area contributed by atoms with E-state index >= 15 is 0 Å². The van der Waals surface area contributed by atoms with Crippen molar-refractivity contribution in [3.8, 4) is 0 Å². The number of hydrogen-bond acceptors (Lipinski definition) is 3. The van der Waals surface area contributed by atoms with Crippen LogP contribution in [0.5, 0.6) is 0 Å². The molecule has 0 radical (unpaired) electrons. The zero-order valence-corrected chi connectivity index (χ0v) is 17.0. The van der Waals surface area contributed by atoms with E-state index in [1.165, 1.54) is 16.0 Å². The summed E-state index contributed by atoms with van der Waals surface area (Å²) in [6.07, 6.45) is 0. The highest BCUT2D eigenvalue weighted by Crippen LogP contribution is 2.32. The van der Waals surface area contributed by atoms with E-state index in [0.717, 1.165) is 5.69 Å². The number of carbonyl (C=O) groups is 1. The average molecular weight is 359 g/mol. The van der Waals surface area contributed by atoms with Crippen molar-refractivity contribution in [2.45, 2.75) is 52.5 Å². The zero-order chi connectivity index (χ0) is 18.6. The minimum Gasteiger partial charge on any atom is -0.324 e. The van der Waals surface area contributed by atoms with Gasteiger partial charge in [-0.3, -0.25) is 9.69 Å². The number of thiophene rings is 1. The molecule has 25 heavy (non-hydrogen) atoms. The molecule has 0 fully saturated rings. The van der Waals surface area contributed by atoms with Gasteiger partial charge in [0.2, 0.25) is 5.91 Å². The van der Waals surface area contributed by atoms with Crippen LogP contribution in [-0.4, -0.2) is 24.4 Å². The fourth-order valence-electron chi connectivity index (χ4n) is 2.98. The number of nitrogens with one attached hydrogen (secondary N) is 1. The molecular formula is C21H30N2OS. The van der Waals surface area contributed by atoms with Crippen molar-refractivity contribution >= 4 is 22.9 Å². The minimum atomic E-state index is 0.0425. The van der Waals surface area contributed by atoms with Crippen LogP contribution < -0.4 is 5.32 Å². The van der Waals surface area contributed by atoms with E-state index in [4.69, 9.17) is 0 Å². The molecule has 4 heteroatoms. The van der Waals surface area contributed by atoms with E-state index in [1.807, 2.05) is 7.05 Å². The van der Waals surface area contributed by atoms with Crippen LogP contribution in [0.4, 0.5) is 5.69 Å². The van der Waals surface area contributed by atoms with Crippen molar-refractivity contribution < 1.29 is 4.79 Å². The quantitative estimate of drug-likeness (QED) is 0.696. The van der Waals surface area contributed by atoms with Crippen LogP contribution >= 0.6 is 11.3 Å². The van der Waals surface area contributed by atoms with E-state index in [9.17, 15) is 4.79 Å². The number of rotatable bonds is 7. The third-order valence-electron chi connectivity index (χ3n) is 4.65. The maximum atomic E-state index is 12.7. The Labute approximate surface area is 156 Å². The molecule has 1 aromatic heterocycles. The molecule has 1 N–H and O–H groups in total. The van der Waals surface area contributed by atoms with Crippen LogP contribution in [0.2, 0.25) is 0 Å². The number of carbonyl (C=O) groups excluding carboxylic acids is 1. The largest absolute Gasteiger partial charge is 0.324 e. The third kappa shape index (κ3) is 4.93. The molecule has 1 aromatic carbocycles. The average Bonchev–Trinajstić information content (AvgIpc) is 3.07. The Hall–Kier alpha value is -1.65. The second-order valence-corrected chi connectivity index (χ2v) is 8.25. The molecular weight excluding hydrogens is 328 g/mol. The standard InChI is InChI=1S/C21H30N2OS/c1-14(2)17-9-7-10-18(15(3)4)21(17)22-20(24)13-23(6)16(5)19-11-8-12-25-19/h7-12,14-16H,13H2,1-6H3,(H,22,24). The molecule has 0 aliphatic rings. The molecule has 0 saturated heterocycles. The van der Waals surface area contributed by atoms with Gasteiger partial charge < -0.3 is 5.32 Å². The SMILES string of the molecule is CC(C)c1cccc(C(C)C)c1NC(=O)CN(C)C(C)c1cccs1. The number of likely N-dealkylation sites (N-methyl/N-ethyl adjacent to an activating group) is 1. The van der Waals surface area contributed by atoms with Gasteiger partial charge in [-0.2, -0.15) is 0 Å². The lowest BCUT2D eigenvalue weighted by Gasteiger charge is -2.25. The molecule has 1 atom stereocenters. The van der Waals surface area contributed by atoms with Crippen LogP contribution in [-0.2, 0) is 4.79 Å². The molecule has 2 rings (SSSR count). The Morgan fingerprint density at radius 1 is 1.04 bits per heavy atom. The van der Waals surface area contributed by atoms with Gasteiger partial charge in [-0.25, -0.2) is 0 Å². The first-order valence-electron chi connectivity index (χ1n) is 8.97. The zero-order valence-electron chi connectivity index (χ0n) is 16.2. The molecule has 1 amide bonds. The molecule has 0 aliphatic heterocycles. The van der Waals surface area contributed by atoms with Gasteiger partial charge in [0.05, 0.1) is 6.54 Å². The van der Waals surface area contributed by atoms with Gasteiger partial charge in [0.15, 0.2) is 0 Å². The predicted octanol–water partition coefficient (Wildman–Crippen LogP) is 5.63. The third-order valence-corrected chi connectivity index (χ3v) is 5.69. The molecule has 1 unspecified atom stereocenters. The van der Waals surface area contributed by atoms with Gasteiger partial charge in [-0.05, 0) is 48.4 Å². The van der Waals surface area contributed by atoms with E-state index in [0.29, 0.717) is 18.4 Å². The number of benzene rings is 1. The van der Waals surface area contributed by atoms with Crippen LogP contribution in [0.3, 0.4) is 0 Å². The van der Waals surface area contributed by atoms with Crippen molar-refractivity contribution in [1.82, 2.24) is 4.90 Å². The highest BCUT2D eigenvalue weighted by molar-refractivity contribution is 7.10. The topological polar surface area (TPSA) is 32.3 Å². The maximum Gasteiger partial charge on any atom is 0.238 e. The van der Waals surface area contributed by atoms with Gasteiger partial charge >= 0.3 is 0 Å². The first-order chi connectivity index (χ1) is 11.8. The van der Waals surface area contributed by atoms with Gasteiger partial charge in [0, 0.05) is 16.6 Å². The van der Waals surface area contributed by atoms with Crippen molar-refractivity contribution in [2.24, 2.45) is 0 Å².